The molecule has 0 bridgehead atoms. The van der Waals surface area contributed by atoms with Gasteiger partial charge in [0.15, 0.2) is 0 Å². The normalized spacial score (nSPS) is 31.2. The zero-order valence-electron chi connectivity index (χ0n) is 13.1. The van der Waals surface area contributed by atoms with Gasteiger partial charge in [-0.3, -0.25) is 0 Å². The third-order valence-corrected chi connectivity index (χ3v) is 5.59. The zero-order valence-corrected chi connectivity index (χ0v) is 13.1. The fourth-order valence-corrected chi connectivity index (χ4v) is 4.42. The molecular weight excluding hydrogens is 256 g/mol. The molecule has 1 aromatic carbocycles. The first kappa shape index (κ1) is 15.1. The molecule has 2 saturated carbocycles. The molecule has 116 valence electrons. The Labute approximate surface area is 129 Å². The highest BCUT2D eigenvalue weighted by molar-refractivity contribution is 5.21. The van der Waals surface area contributed by atoms with E-state index in [0.29, 0.717) is 17.9 Å². The van der Waals surface area contributed by atoms with Crippen LogP contribution in [0.5, 0.6) is 0 Å². The van der Waals surface area contributed by atoms with Gasteiger partial charge >= 0.3 is 0 Å². The summed E-state index contributed by atoms with van der Waals surface area (Å²) in [4.78, 5) is 0. The predicted octanol–water partition coefficient (Wildman–Crippen LogP) is 3.82. The Morgan fingerprint density at radius 2 is 1.67 bits per heavy atom. The lowest BCUT2D eigenvalue weighted by Crippen LogP contribution is -2.44. The van der Waals surface area contributed by atoms with Crippen molar-refractivity contribution in [1.82, 2.24) is 5.32 Å². The number of rotatable bonds is 4. The monoisotopic (exact) mass is 286 g/mol. The van der Waals surface area contributed by atoms with E-state index in [-0.39, 0.29) is 0 Å². The van der Waals surface area contributed by atoms with Crippen molar-refractivity contribution in [2.75, 3.05) is 6.54 Å². The Balaban J connectivity index is 1.58. The van der Waals surface area contributed by atoms with Crippen LogP contribution in [0.1, 0.15) is 62.8 Å². The summed E-state index contributed by atoms with van der Waals surface area (Å²) in [5.74, 6) is 1.31. The molecular formula is C19H30N2. The standard InChI is InChI=1S/C19H30N2/c20-14-16-13-18(21-17-9-5-2-6-10-17)11-12-19(16)15-7-3-1-4-8-15/h1,3-4,7-8,16-19,21H,2,5-6,9-14,20H2. The maximum atomic E-state index is 6.10. The van der Waals surface area contributed by atoms with Crippen LogP contribution in [0.25, 0.3) is 0 Å². The minimum absolute atomic E-state index is 0.641. The Bertz CT molecular complexity index is 411. The van der Waals surface area contributed by atoms with Crippen LogP contribution in [-0.2, 0) is 0 Å². The van der Waals surface area contributed by atoms with Gasteiger partial charge in [0.25, 0.3) is 0 Å². The van der Waals surface area contributed by atoms with Gasteiger partial charge in [-0.2, -0.15) is 0 Å². The minimum Gasteiger partial charge on any atom is -0.330 e. The molecule has 2 nitrogen and oxygen atoms in total. The van der Waals surface area contributed by atoms with Crippen molar-refractivity contribution in [3.8, 4) is 0 Å². The number of nitrogens with one attached hydrogen (secondary N) is 1. The largest absolute Gasteiger partial charge is 0.330 e. The van der Waals surface area contributed by atoms with Crippen molar-refractivity contribution in [3.05, 3.63) is 35.9 Å². The fourth-order valence-electron chi connectivity index (χ4n) is 4.42. The smallest absolute Gasteiger partial charge is 0.00732 e. The summed E-state index contributed by atoms with van der Waals surface area (Å²) < 4.78 is 0. The second-order valence-electron chi connectivity index (χ2n) is 7.02. The molecule has 0 aliphatic heterocycles. The van der Waals surface area contributed by atoms with E-state index in [1.165, 1.54) is 56.9 Å². The fraction of sp³-hybridized carbons (Fsp3) is 0.684. The van der Waals surface area contributed by atoms with Gasteiger partial charge in [-0.15, -0.1) is 0 Å². The molecule has 0 heterocycles. The van der Waals surface area contributed by atoms with Crippen LogP contribution in [0.15, 0.2) is 30.3 Å². The van der Waals surface area contributed by atoms with Crippen LogP contribution in [-0.4, -0.2) is 18.6 Å². The summed E-state index contributed by atoms with van der Waals surface area (Å²) in [7, 11) is 0. The first-order chi connectivity index (χ1) is 10.4. The van der Waals surface area contributed by atoms with Crippen LogP contribution < -0.4 is 11.1 Å². The summed E-state index contributed by atoms with van der Waals surface area (Å²) >= 11 is 0. The van der Waals surface area contributed by atoms with E-state index in [0.717, 1.165) is 12.6 Å². The highest BCUT2D eigenvalue weighted by Gasteiger charge is 2.31. The summed E-state index contributed by atoms with van der Waals surface area (Å²) in [6.07, 6.45) is 10.9. The van der Waals surface area contributed by atoms with Crippen molar-refractivity contribution in [2.45, 2.75) is 69.4 Å². The van der Waals surface area contributed by atoms with Crippen molar-refractivity contribution in [3.63, 3.8) is 0 Å². The topological polar surface area (TPSA) is 38.0 Å². The minimum atomic E-state index is 0.641. The molecule has 0 amide bonds. The molecule has 2 fully saturated rings. The summed E-state index contributed by atoms with van der Waals surface area (Å²) in [6, 6.07) is 12.5. The Kier molecular flexibility index (Phi) is 5.32. The van der Waals surface area contributed by atoms with Gasteiger partial charge in [-0.1, -0.05) is 49.6 Å². The first-order valence-electron chi connectivity index (χ1n) is 8.88. The number of hydrogen-bond donors (Lipinski definition) is 2. The molecule has 2 aliphatic carbocycles. The van der Waals surface area contributed by atoms with E-state index in [9.17, 15) is 0 Å². The highest BCUT2D eigenvalue weighted by atomic mass is 15.0. The molecule has 3 unspecified atom stereocenters. The molecule has 2 heteroatoms. The third kappa shape index (κ3) is 3.87. The Morgan fingerprint density at radius 3 is 2.38 bits per heavy atom. The summed E-state index contributed by atoms with van der Waals surface area (Å²) in [6.45, 7) is 0.822. The SMILES string of the molecule is NCC1CC(NC2CCCCC2)CCC1c1ccccc1. The molecule has 0 saturated heterocycles. The first-order valence-corrected chi connectivity index (χ1v) is 8.88. The van der Waals surface area contributed by atoms with E-state index in [2.05, 4.69) is 35.6 Å². The third-order valence-electron chi connectivity index (χ3n) is 5.59. The van der Waals surface area contributed by atoms with Gasteiger partial charge < -0.3 is 11.1 Å². The lowest BCUT2D eigenvalue weighted by Gasteiger charge is -2.38. The van der Waals surface area contributed by atoms with Crippen molar-refractivity contribution in [1.29, 1.82) is 0 Å². The van der Waals surface area contributed by atoms with E-state index in [1.54, 1.807) is 0 Å². The molecule has 0 radical (unpaired) electrons. The predicted molar refractivity (Wildman–Crippen MR) is 89.4 cm³/mol. The van der Waals surface area contributed by atoms with E-state index < -0.39 is 0 Å². The Morgan fingerprint density at radius 1 is 0.905 bits per heavy atom. The van der Waals surface area contributed by atoms with Gasteiger partial charge in [0, 0.05) is 12.1 Å². The van der Waals surface area contributed by atoms with Gasteiger partial charge in [0.2, 0.25) is 0 Å². The van der Waals surface area contributed by atoms with E-state index in [4.69, 9.17) is 5.73 Å². The molecule has 3 rings (SSSR count). The lowest BCUT2D eigenvalue weighted by atomic mass is 9.73. The summed E-state index contributed by atoms with van der Waals surface area (Å²) in [5.41, 5.74) is 7.59. The van der Waals surface area contributed by atoms with Crippen molar-refractivity contribution >= 4 is 0 Å². The van der Waals surface area contributed by atoms with E-state index >= 15 is 0 Å². The number of nitrogens with two attached hydrogens (primary N) is 1. The zero-order chi connectivity index (χ0) is 14.5. The second kappa shape index (κ2) is 7.42. The number of hydrogen-bond acceptors (Lipinski definition) is 2. The van der Waals surface area contributed by atoms with E-state index in [1.807, 2.05) is 0 Å². The number of benzene rings is 1. The summed E-state index contributed by atoms with van der Waals surface area (Å²) in [5, 5.41) is 3.94. The van der Waals surface area contributed by atoms with Crippen molar-refractivity contribution in [2.24, 2.45) is 11.7 Å². The molecule has 0 aromatic heterocycles. The molecule has 2 aliphatic rings. The van der Waals surface area contributed by atoms with Crippen LogP contribution in [0.4, 0.5) is 0 Å². The van der Waals surface area contributed by atoms with Crippen LogP contribution in [0.2, 0.25) is 0 Å². The van der Waals surface area contributed by atoms with Gasteiger partial charge in [0.05, 0.1) is 0 Å². The molecule has 1 aromatic rings. The van der Waals surface area contributed by atoms with Gasteiger partial charge in [0.1, 0.15) is 0 Å². The van der Waals surface area contributed by atoms with Crippen LogP contribution >= 0.6 is 0 Å². The Hall–Kier alpha value is -0.860. The molecule has 21 heavy (non-hydrogen) atoms. The van der Waals surface area contributed by atoms with Gasteiger partial charge in [-0.05, 0) is 56.0 Å². The van der Waals surface area contributed by atoms with Crippen LogP contribution in [0, 0.1) is 5.92 Å². The quantitative estimate of drug-likeness (QED) is 0.883. The average molecular weight is 286 g/mol. The maximum absolute atomic E-state index is 6.10. The van der Waals surface area contributed by atoms with Crippen molar-refractivity contribution < 1.29 is 0 Å². The molecule has 3 N–H and O–H groups in total. The van der Waals surface area contributed by atoms with Gasteiger partial charge in [-0.25, -0.2) is 0 Å². The highest BCUT2D eigenvalue weighted by Crippen LogP contribution is 2.37. The molecule has 0 spiro atoms. The average Bonchev–Trinajstić information content (AvgIpc) is 2.56. The maximum Gasteiger partial charge on any atom is 0.00732 e. The second-order valence-corrected chi connectivity index (χ2v) is 7.02. The van der Waals surface area contributed by atoms with Crippen LogP contribution in [0.3, 0.4) is 0 Å². The molecule has 3 atom stereocenters. The lowest BCUT2D eigenvalue weighted by molar-refractivity contribution is 0.225.